The lowest BCUT2D eigenvalue weighted by Crippen LogP contribution is -2.34. The van der Waals surface area contributed by atoms with Crippen molar-refractivity contribution in [1.82, 2.24) is 10.2 Å². The molecule has 1 atom stereocenters. The minimum absolute atomic E-state index is 0.0387. The van der Waals surface area contributed by atoms with E-state index in [0.29, 0.717) is 32.6 Å². The number of likely N-dealkylation sites (tertiary alicyclic amines) is 1. The van der Waals surface area contributed by atoms with Crippen molar-refractivity contribution >= 4 is 11.8 Å². The van der Waals surface area contributed by atoms with Crippen molar-refractivity contribution in [3.8, 4) is 0 Å². The average Bonchev–Trinajstić information content (AvgIpc) is 2.83. The maximum atomic E-state index is 12.0. The van der Waals surface area contributed by atoms with Crippen LogP contribution in [-0.2, 0) is 16.1 Å². The summed E-state index contributed by atoms with van der Waals surface area (Å²) in [5.74, 6) is -0.224. The van der Waals surface area contributed by atoms with Gasteiger partial charge in [0, 0.05) is 26.1 Å². The van der Waals surface area contributed by atoms with Crippen LogP contribution in [0.15, 0.2) is 24.3 Å². The molecule has 1 heterocycles. The highest BCUT2D eigenvalue weighted by atomic mass is 16.2. The van der Waals surface area contributed by atoms with Gasteiger partial charge in [-0.25, -0.2) is 0 Å². The Labute approximate surface area is 125 Å². The quantitative estimate of drug-likeness (QED) is 0.761. The van der Waals surface area contributed by atoms with Crippen LogP contribution in [0.1, 0.15) is 24.0 Å². The molecule has 0 spiro atoms. The Kier molecular flexibility index (Phi) is 5.33. The molecule has 114 valence electrons. The Morgan fingerprint density at radius 2 is 2.10 bits per heavy atom. The largest absolute Gasteiger partial charge is 0.356 e. The van der Waals surface area contributed by atoms with Crippen molar-refractivity contribution < 1.29 is 9.59 Å². The highest BCUT2D eigenvalue weighted by molar-refractivity contribution is 5.89. The zero-order valence-electron chi connectivity index (χ0n) is 12.5. The predicted octanol–water partition coefficient (Wildman–Crippen LogP) is 0.809. The minimum Gasteiger partial charge on any atom is -0.356 e. The van der Waals surface area contributed by atoms with Crippen molar-refractivity contribution in [3.05, 3.63) is 35.4 Å². The fourth-order valence-electron chi connectivity index (χ4n) is 2.47. The molecule has 1 aliphatic heterocycles. The van der Waals surface area contributed by atoms with Gasteiger partial charge >= 0.3 is 0 Å². The van der Waals surface area contributed by atoms with Crippen LogP contribution in [-0.4, -0.2) is 36.3 Å². The number of rotatable bonds is 6. The van der Waals surface area contributed by atoms with Gasteiger partial charge in [0.05, 0.1) is 5.92 Å². The Hall–Kier alpha value is -1.88. The Morgan fingerprint density at radius 1 is 1.38 bits per heavy atom. The molecule has 0 bridgehead atoms. The van der Waals surface area contributed by atoms with E-state index >= 15 is 0 Å². The lowest BCUT2D eigenvalue weighted by molar-refractivity contribution is -0.129. The predicted molar refractivity (Wildman–Crippen MR) is 81.4 cm³/mol. The van der Waals surface area contributed by atoms with Gasteiger partial charge in [-0.1, -0.05) is 29.8 Å². The van der Waals surface area contributed by atoms with Crippen molar-refractivity contribution in [2.24, 2.45) is 11.7 Å². The molecule has 1 aromatic rings. The first-order valence-corrected chi connectivity index (χ1v) is 7.41. The fourth-order valence-corrected chi connectivity index (χ4v) is 2.47. The highest BCUT2D eigenvalue weighted by Gasteiger charge is 2.33. The van der Waals surface area contributed by atoms with Crippen LogP contribution in [0.4, 0.5) is 0 Å². The van der Waals surface area contributed by atoms with E-state index in [-0.39, 0.29) is 17.7 Å². The van der Waals surface area contributed by atoms with Crippen LogP contribution < -0.4 is 11.1 Å². The van der Waals surface area contributed by atoms with Crippen molar-refractivity contribution in [2.75, 3.05) is 19.6 Å². The summed E-state index contributed by atoms with van der Waals surface area (Å²) in [7, 11) is 0. The number of carbonyl (C=O) groups excluding carboxylic acids is 2. The number of nitrogens with zero attached hydrogens (tertiary/aromatic N) is 1. The number of benzene rings is 1. The van der Waals surface area contributed by atoms with Crippen molar-refractivity contribution in [3.63, 3.8) is 0 Å². The summed E-state index contributed by atoms with van der Waals surface area (Å²) in [6.07, 6.45) is 1.07. The summed E-state index contributed by atoms with van der Waals surface area (Å²) in [5, 5.41) is 2.84. The van der Waals surface area contributed by atoms with Gasteiger partial charge in [-0.3, -0.25) is 9.59 Å². The molecule has 0 aliphatic carbocycles. The average molecular weight is 289 g/mol. The van der Waals surface area contributed by atoms with Gasteiger partial charge in [0.1, 0.15) is 0 Å². The normalized spacial score (nSPS) is 18.1. The van der Waals surface area contributed by atoms with Gasteiger partial charge in [-0.05, 0) is 25.5 Å². The Morgan fingerprint density at radius 3 is 2.76 bits per heavy atom. The van der Waals surface area contributed by atoms with Crippen LogP contribution in [0, 0.1) is 12.8 Å². The number of hydrogen-bond acceptors (Lipinski definition) is 3. The standard InChI is InChI=1S/C16H23N3O2/c1-12-3-5-13(6-4-12)10-19-11-14(9-15(19)20)16(21)18-8-2-7-17/h3-6,14H,2,7-11,17H2,1H3,(H,18,21). The lowest BCUT2D eigenvalue weighted by Gasteiger charge is -2.16. The molecule has 0 radical (unpaired) electrons. The van der Waals surface area contributed by atoms with E-state index in [1.165, 1.54) is 5.56 Å². The molecule has 21 heavy (non-hydrogen) atoms. The van der Waals surface area contributed by atoms with E-state index in [9.17, 15) is 9.59 Å². The molecule has 1 aliphatic rings. The second-order valence-electron chi connectivity index (χ2n) is 5.59. The first-order chi connectivity index (χ1) is 10.1. The minimum atomic E-state index is -0.235. The summed E-state index contributed by atoms with van der Waals surface area (Å²) < 4.78 is 0. The number of nitrogens with one attached hydrogen (secondary N) is 1. The maximum Gasteiger partial charge on any atom is 0.225 e. The summed E-state index contributed by atoms with van der Waals surface area (Å²) >= 11 is 0. The van der Waals surface area contributed by atoms with Gasteiger partial charge in [0.25, 0.3) is 0 Å². The topological polar surface area (TPSA) is 75.4 Å². The molecule has 1 aromatic carbocycles. The third kappa shape index (κ3) is 4.29. The van der Waals surface area contributed by atoms with Gasteiger partial charge in [-0.15, -0.1) is 0 Å². The van der Waals surface area contributed by atoms with Gasteiger partial charge < -0.3 is 16.0 Å². The molecular weight excluding hydrogens is 266 g/mol. The molecule has 5 nitrogen and oxygen atoms in total. The third-order valence-electron chi connectivity index (χ3n) is 3.76. The molecule has 2 rings (SSSR count). The highest BCUT2D eigenvalue weighted by Crippen LogP contribution is 2.20. The SMILES string of the molecule is Cc1ccc(CN2CC(C(=O)NCCCN)CC2=O)cc1. The molecular formula is C16H23N3O2. The zero-order valence-corrected chi connectivity index (χ0v) is 12.5. The first-order valence-electron chi connectivity index (χ1n) is 7.41. The summed E-state index contributed by atoms with van der Waals surface area (Å²) in [6.45, 7) is 4.25. The van der Waals surface area contributed by atoms with Crippen molar-refractivity contribution in [2.45, 2.75) is 26.3 Å². The monoisotopic (exact) mass is 289 g/mol. The number of amides is 2. The fraction of sp³-hybridized carbons (Fsp3) is 0.500. The molecule has 0 saturated carbocycles. The smallest absolute Gasteiger partial charge is 0.225 e. The van der Waals surface area contributed by atoms with E-state index in [1.54, 1.807) is 4.90 Å². The molecule has 5 heteroatoms. The Bertz CT molecular complexity index is 499. The molecule has 1 fully saturated rings. The third-order valence-corrected chi connectivity index (χ3v) is 3.76. The van der Waals surface area contributed by atoms with Crippen LogP contribution in [0.25, 0.3) is 0 Å². The van der Waals surface area contributed by atoms with Gasteiger partial charge in [0.15, 0.2) is 0 Å². The summed E-state index contributed by atoms with van der Waals surface area (Å²) in [4.78, 5) is 25.8. The number of hydrogen-bond donors (Lipinski definition) is 2. The molecule has 1 unspecified atom stereocenters. The molecule has 3 N–H and O–H groups in total. The molecule has 2 amide bonds. The summed E-state index contributed by atoms with van der Waals surface area (Å²) in [6, 6.07) is 8.12. The second-order valence-corrected chi connectivity index (χ2v) is 5.59. The van der Waals surface area contributed by atoms with Crippen LogP contribution in [0.3, 0.4) is 0 Å². The van der Waals surface area contributed by atoms with E-state index in [1.807, 2.05) is 31.2 Å². The van der Waals surface area contributed by atoms with Crippen LogP contribution >= 0.6 is 0 Å². The Balaban J connectivity index is 1.87. The lowest BCUT2D eigenvalue weighted by atomic mass is 10.1. The second kappa shape index (κ2) is 7.22. The molecule has 0 aromatic heterocycles. The van der Waals surface area contributed by atoms with Gasteiger partial charge in [0.2, 0.25) is 11.8 Å². The van der Waals surface area contributed by atoms with Gasteiger partial charge in [-0.2, -0.15) is 0 Å². The van der Waals surface area contributed by atoms with E-state index in [0.717, 1.165) is 12.0 Å². The van der Waals surface area contributed by atoms with Crippen LogP contribution in [0.5, 0.6) is 0 Å². The molecule has 1 saturated heterocycles. The number of carbonyl (C=O) groups is 2. The summed E-state index contributed by atoms with van der Waals surface area (Å²) in [5.41, 5.74) is 7.69. The van der Waals surface area contributed by atoms with E-state index in [4.69, 9.17) is 5.73 Å². The number of nitrogens with two attached hydrogens (primary N) is 1. The number of aryl methyl sites for hydroxylation is 1. The van der Waals surface area contributed by atoms with E-state index in [2.05, 4.69) is 5.32 Å². The first kappa shape index (κ1) is 15.5. The van der Waals surface area contributed by atoms with E-state index < -0.39 is 0 Å². The van der Waals surface area contributed by atoms with Crippen molar-refractivity contribution in [1.29, 1.82) is 0 Å². The zero-order chi connectivity index (χ0) is 15.2. The van der Waals surface area contributed by atoms with Crippen LogP contribution in [0.2, 0.25) is 0 Å². The maximum absolute atomic E-state index is 12.0.